The Labute approximate surface area is 329 Å². The van der Waals surface area contributed by atoms with Crippen molar-refractivity contribution in [3.8, 4) is 0 Å². The number of ether oxygens (including phenoxy) is 1. The molecule has 306 valence electrons. The average molecular weight is 845 g/mol. The molecule has 1 fully saturated rings. The van der Waals surface area contributed by atoms with Gasteiger partial charge in [0.2, 0.25) is 21.7 Å². The van der Waals surface area contributed by atoms with Crippen molar-refractivity contribution >= 4 is 39.2 Å². The number of amides is 1. The fraction of sp³-hybridized carbons (Fsp3) is 0.350. The summed E-state index contributed by atoms with van der Waals surface area (Å²) in [5.41, 5.74) is -0.0802. The summed E-state index contributed by atoms with van der Waals surface area (Å²) < 4.78 is 151. The maximum Gasteiger partial charge on any atom is 0.338 e. The number of rotatable bonds is 13. The summed E-state index contributed by atoms with van der Waals surface area (Å²) in [6.07, 6.45) is 0.978. The Morgan fingerprint density at radius 2 is 1.46 bits per heavy atom. The van der Waals surface area contributed by atoms with Gasteiger partial charge < -0.3 is 9.64 Å². The predicted molar refractivity (Wildman–Crippen MR) is 196 cm³/mol. The molecule has 1 amide bonds. The molecule has 5 rings (SSSR count). The number of benzene rings is 4. The Kier molecular flexibility index (Phi) is 12.5. The van der Waals surface area contributed by atoms with Crippen molar-refractivity contribution in [1.29, 1.82) is 0 Å². The van der Waals surface area contributed by atoms with Crippen LogP contribution in [0.3, 0.4) is 0 Å². The highest BCUT2D eigenvalue weighted by molar-refractivity contribution is 7.89. The summed E-state index contributed by atoms with van der Waals surface area (Å²) in [5, 5.41) is -0.423. The first-order valence-electron chi connectivity index (χ1n) is 17.5. The number of methoxy groups -OCH3 is 1. The number of sulfonamides is 1. The van der Waals surface area contributed by atoms with Crippen molar-refractivity contribution in [3.63, 3.8) is 0 Å². The van der Waals surface area contributed by atoms with Crippen LogP contribution in [0.1, 0.15) is 91.1 Å². The van der Waals surface area contributed by atoms with E-state index in [1.54, 1.807) is 12.1 Å². The van der Waals surface area contributed by atoms with Gasteiger partial charge in [0.1, 0.15) is 5.82 Å². The summed E-state index contributed by atoms with van der Waals surface area (Å²) in [4.78, 5) is 25.8. The van der Waals surface area contributed by atoms with Crippen molar-refractivity contribution in [2.75, 3.05) is 18.6 Å². The van der Waals surface area contributed by atoms with Gasteiger partial charge in [-0.15, -0.1) is 0 Å². The van der Waals surface area contributed by atoms with E-state index < -0.39 is 115 Å². The Bertz CT molecular complexity index is 2320. The van der Waals surface area contributed by atoms with Crippen LogP contribution in [0.2, 0.25) is 5.02 Å². The van der Waals surface area contributed by atoms with E-state index in [0.29, 0.717) is 5.56 Å². The number of halogens is 9. The first-order chi connectivity index (χ1) is 26.5. The molecule has 0 radical (unpaired) electrons. The molecular formula is C40H37ClF8N2O5S. The van der Waals surface area contributed by atoms with E-state index in [4.69, 9.17) is 16.3 Å². The van der Waals surface area contributed by atoms with Crippen molar-refractivity contribution in [1.82, 2.24) is 4.31 Å². The fourth-order valence-corrected chi connectivity index (χ4v) is 7.83. The van der Waals surface area contributed by atoms with Gasteiger partial charge in [-0.3, -0.25) is 4.79 Å². The molecule has 0 atom stereocenters. The van der Waals surface area contributed by atoms with E-state index in [1.807, 2.05) is 26.8 Å². The quantitative estimate of drug-likeness (QED) is 0.0579. The minimum Gasteiger partial charge on any atom is -0.465 e. The second kappa shape index (κ2) is 16.4. The molecule has 1 aliphatic carbocycles. The third kappa shape index (κ3) is 9.12. The second-order valence-corrected chi connectivity index (χ2v) is 16.9. The number of carbonyl (C=O) groups is 2. The lowest BCUT2D eigenvalue weighted by molar-refractivity contribution is -0.119. The van der Waals surface area contributed by atoms with Gasteiger partial charge in [-0.05, 0) is 76.8 Å². The van der Waals surface area contributed by atoms with Gasteiger partial charge in [-0.1, -0.05) is 63.6 Å². The molecule has 1 saturated carbocycles. The van der Waals surface area contributed by atoms with Gasteiger partial charge in [0, 0.05) is 29.2 Å². The van der Waals surface area contributed by atoms with Crippen LogP contribution in [0.15, 0.2) is 59.5 Å². The maximum absolute atomic E-state index is 15.5. The molecular weight excluding hydrogens is 808 g/mol. The van der Waals surface area contributed by atoms with Gasteiger partial charge >= 0.3 is 5.97 Å². The van der Waals surface area contributed by atoms with Gasteiger partial charge in [0.05, 0.1) is 25.8 Å². The Balaban J connectivity index is 1.72. The standard InChI is InChI=1S/C40H37ClF8N2O5S/c1-6-40(48,49)29-17-27(11-12-28(29)38(53)56-5)51(18-21-13-24(22-7-8-22)15-25(14-21)39(2,3)4)31(52)20-50(19-23-9-10-26(42)16-30(23)41)57(54,55)37-35(46)33(44)32(43)34(45)36(37)47/h9-17,22H,6-8,18-20H2,1-5H3. The van der Waals surface area contributed by atoms with E-state index in [9.17, 15) is 35.6 Å². The zero-order valence-corrected chi connectivity index (χ0v) is 32.8. The van der Waals surface area contributed by atoms with E-state index in [0.717, 1.165) is 79.3 Å². The monoisotopic (exact) mass is 844 g/mol. The second-order valence-electron chi connectivity index (χ2n) is 14.7. The van der Waals surface area contributed by atoms with Crippen LogP contribution < -0.4 is 4.90 Å². The molecule has 4 aromatic rings. The summed E-state index contributed by atoms with van der Waals surface area (Å²) >= 11 is 6.15. The molecule has 0 unspecified atom stereocenters. The lowest BCUT2D eigenvalue weighted by Crippen LogP contribution is -2.43. The third-order valence-electron chi connectivity index (χ3n) is 9.57. The van der Waals surface area contributed by atoms with E-state index in [-0.39, 0.29) is 21.5 Å². The smallest absolute Gasteiger partial charge is 0.338 e. The van der Waals surface area contributed by atoms with Gasteiger partial charge in [0.25, 0.3) is 5.92 Å². The molecule has 0 aliphatic heterocycles. The number of hydrogen-bond acceptors (Lipinski definition) is 5. The molecule has 0 saturated heterocycles. The van der Waals surface area contributed by atoms with E-state index in [2.05, 4.69) is 0 Å². The first kappa shape index (κ1) is 43.6. The van der Waals surface area contributed by atoms with Crippen molar-refractivity contribution < 1.29 is 57.9 Å². The number of carbonyl (C=O) groups excluding carboxylic acids is 2. The summed E-state index contributed by atoms with van der Waals surface area (Å²) in [6, 6.07) is 11.1. The molecule has 0 N–H and O–H groups in total. The SMILES string of the molecule is CCC(F)(F)c1cc(N(Cc2cc(C3CC3)cc(C(C)(C)C)c2)C(=O)CN(Cc2ccc(F)cc2Cl)S(=O)(=O)c2c(F)c(F)c(F)c(F)c2F)ccc1C(=O)OC. The Morgan fingerprint density at radius 1 is 0.842 bits per heavy atom. The van der Waals surface area contributed by atoms with Crippen LogP contribution in [0.5, 0.6) is 0 Å². The van der Waals surface area contributed by atoms with Crippen LogP contribution in [0.4, 0.5) is 40.8 Å². The predicted octanol–water partition coefficient (Wildman–Crippen LogP) is 10.1. The van der Waals surface area contributed by atoms with Crippen LogP contribution in [0, 0.1) is 34.9 Å². The van der Waals surface area contributed by atoms with Crippen LogP contribution in [0.25, 0.3) is 0 Å². The molecule has 57 heavy (non-hydrogen) atoms. The molecule has 0 heterocycles. The summed E-state index contributed by atoms with van der Waals surface area (Å²) in [7, 11) is -4.89. The number of hydrogen-bond donors (Lipinski definition) is 0. The highest BCUT2D eigenvalue weighted by Crippen LogP contribution is 2.43. The summed E-state index contributed by atoms with van der Waals surface area (Å²) in [6.45, 7) is 4.10. The molecule has 0 bridgehead atoms. The molecule has 7 nitrogen and oxygen atoms in total. The Morgan fingerprint density at radius 3 is 2.00 bits per heavy atom. The molecule has 1 aliphatic rings. The molecule has 0 spiro atoms. The minimum absolute atomic E-state index is 0.0747. The highest BCUT2D eigenvalue weighted by Gasteiger charge is 2.40. The van der Waals surface area contributed by atoms with Crippen LogP contribution >= 0.6 is 11.6 Å². The van der Waals surface area contributed by atoms with Gasteiger partial charge in [-0.2, -0.15) is 4.31 Å². The zero-order chi connectivity index (χ0) is 42.4. The Hall–Kier alpha value is -4.54. The van der Waals surface area contributed by atoms with Crippen LogP contribution in [-0.2, 0) is 44.0 Å². The average Bonchev–Trinajstić information content (AvgIpc) is 4.01. The minimum atomic E-state index is -5.87. The lowest BCUT2D eigenvalue weighted by Gasteiger charge is -2.30. The topological polar surface area (TPSA) is 84.0 Å². The maximum atomic E-state index is 15.5. The van der Waals surface area contributed by atoms with Crippen LogP contribution in [-0.4, -0.2) is 38.3 Å². The highest BCUT2D eigenvalue weighted by atomic mass is 35.5. The van der Waals surface area contributed by atoms with E-state index >= 15 is 17.6 Å². The fourth-order valence-electron chi connectivity index (χ4n) is 6.12. The van der Waals surface area contributed by atoms with Crippen molar-refractivity contribution in [3.05, 3.63) is 128 Å². The van der Waals surface area contributed by atoms with Gasteiger partial charge in [-0.25, -0.2) is 48.3 Å². The number of nitrogens with zero attached hydrogens (tertiary/aromatic N) is 2. The largest absolute Gasteiger partial charge is 0.465 e. The molecule has 4 aromatic carbocycles. The lowest BCUT2D eigenvalue weighted by atomic mass is 9.84. The van der Waals surface area contributed by atoms with Gasteiger partial charge in [0.15, 0.2) is 28.2 Å². The first-order valence-corrected chi connectivity index (χ1v) is 19.3. The summed E-state index contributed by atoms with van der Waals surface area (Å²) in [5.74, 6) is -19.9. The normalized spacial score (nSPS) is 13.6. The number of esters is 1. The molecule has 17 heteroatoms. The third-order valence-corrected chi connectivity index (χ3v) is 11.7. The van der Waals surface area contributed by atoms with Crippen molar-refractivity contribution in [2.45, 2.75) is 82.2 Å². The van der Waals surface area contributed by atoms with Crippen molar-refractivity contribution in [2.24, 2.45) is 0 Å². The zero-order valence-electron chi connectivity index (χ0n) is 31.3. The molecule has 0 aromatic heterocycles. The van der Waals surface area contributed by atoms with E-state index in [1.165, 1.54) is 0 Å². The number of anilines is 1. The number of alkyl halides is 2.